The average molecular weight is 358 g/mol. The molecule has 122 valence electrons. The van der Waals surface area contributed by atoms with Crippen molar-refractivity contribution in [2.24, 2.45) is 0 Å². The van der Waals surface area contributed by atoms with Gasteiger partial charge in [-0.05, 0) is 41.9 Å². The van der Waals surface area contributed by atoms with Gasteiger partial charge in [-0.1, -0.05) is 41.4 Å². The molecule has 1 aromatic heterocycles. The Kier molecular flexibility index (Phi) is 4.09. The zero-order valence-corrected chi connectivity index (χ0v) is 14.8. The highest BCUT2D eigenvalue weighted by Crippen LogP contribution is 2.40. The van der Waals surface area contributed by atoms with Gasteiger partial charge in [0, 0.05) is 41.4 Å². The summed E-state index contributed by atoms with van der Waals surface area (Å²) in [7, 11) is 2.13. The van der Waals surface area contributed by atoms with Gasteiger partial charge in [-0.25, -0.2) is 4.98 Å². The molecule has 0 aliphatic carbocycles. The first-order chi connectivity index (χ1) is 11.6. The zero-order chi connectivity index (χ0) is 16.7. The summed E-state index contributed by atoms with van der Waals surface area (Å²) in [5.74, 6) is 0.216. The summed E-state index contributed by atoms with van der Waals surface area (Å²) in [4.78, 5) is 6.49. The van der Waals surface area contributed by atoms with Gasteiger partial charge in [-0.2, -0.15) is 0 Å². The van der Waals surface area contributed by atoms with E-state index in [0.717, 1.165) is 23.8 Å². The van der Waals surface area contributed by atoms with Gasteiger partial charge in [-0.15, -0.1) is 0 Å². The molecule has 4 rings (SSSR count). The molecule has 0 amide bonds. The number of aromatic nitrogens is 2. The van der Waals surface area contributed by atoms with Crippen LogP contribution >= 0.6 is 23.2 Å². The molecule has 1 atom stereocenters. The number of likely N-dealkylation sites (N-methyl/N-ethyl adjacent to an activating group) is 1. The molecular weight excluding hydrogens is 341 g/mol. The SMILES string of the molecule is CN1Cc2c(Cl)cc(Cl)cc2[C@H](c2ccccc2-n2ccnc2)C1. The van der Waals surface area contributed by atoms with Crippen LogP contribution in [0.1, 0.15) is 22.6 Å². The third kappa shape index (κ3) is 2.73. The van der Waals surface area contributed by atoms with Crippen molar-refractivity contribution < 1.29 is 0 Å². The lowest BCUT2D eigenvalue weighted by Gasteiger charge is -2.34. The van der Waals surface area contributed by atoms with Crippen molar-refractivity contribution in [3.8, 4) is 5.69 Å². The maximum Gasteiger partial charge on any atom is 0.0991 e. The van der Waals surface area contributed by atoms with Crippen LogP contribution in [0.25, 0.3) is 5.69 Å². The second kappa shape index (κ2) is 6.25. The maximum absolute atomic E-state index is 6.48. The highest BCUT2D eigenvalue weighted by molar-refractivity contribution is 6.35. The van der Waals surface area contributed by atoms with Gasteiger partial charge in [0.1, 0.15) is 0 Å². The summed E-state index contributed by atoms with van der Waals surface area (Å²) in [6, 6.07) is 12.3. The third-order valence-corrected chi connectivity index (χ3v) is 5.14. The number of nitrogens with zero attached hydrogens (tertiary/aromatic N) is 3. The summed E-state index contributed by atoms with van der Waals surface area (Å²) >= 11 is 12.8. The topological polar surface area (TPSA) is 21.1 Å². The number of rotatable bonds is 2. The first kappa shape index (κ1) is 15.7. The molecule has 5 heteroatoms. The van der Waals surface area contributed by atoms with Crippen LogP contribution in [0.4, 0.5) is 0 Å². The van der Waals surface area contributed by atoms with Gasteiger partial charge in [0.05, 0.1) is 12.0 Å². The lowest BCUT2D eigenvalue weighted by Crippen LogP contribution is -2.31. The number of hydrogen-bond acceptors (Lipinski definition) is 2. The van der Waals surface area contributed by atoms with Crippen LogP contribution < -0.4 is 0 Å². The van der Waals surface area contributed by atoms with E-state index in [1.165, 1.54) is 16.7 Å². The van der Waals surface area contributed by atoms with E-state index < -0.39 is 0 Å². The highest BCUT2D eigenvalue weighted by Gasteiger charge is 2.28. The van der Waals surface area contributed by atoms with E-state index in [9.17, 15) is 0 Å². The average Bonchev–Trinajstić information content (AvgIpc) is 3.09. The number of imidazole rings is 1. The minimum atomic E-state index is 0.216. The predicted molar refractivity (Wildman–Crippen MR) is 98.2 cm³/mol. The minimum absolute atomic E-state index is 0.216. The van der Waals surface area contributed by atoms with Gasteiger partial charge >= 0.3 is 0 Å². The fraction of sp³-hybridized carbons (Fsp3) is 0.211. The van der Waals surface area contributed by atoms with Crippen molar-refractivity contribution in [2.45, 2.75) is 12.5 Å². The van der Waals surface area contributed by atoms with Crippen LogP contribution in [-0.2, 0) is 6.54 Å². The summed E-state index contributed by atoms with van der Waals surface area (Å²) in [5, 5.41) is 1.43. The van der Waals surface area contributed by atoms with Crippen LogP contribution in [-0.4, -0.2) is 28.0 Å². The molecule has 3 nitrogen and oxygen atoms in total. The smallest absolute Gasteiger partial charge is 0.0991 e. The number of fused-ring (bicyclic) bond motifs is 1. The molecule has 0 N–H and O–H groups in total. The third-order valence-electron chi connectivity index (χ3n) is 4.59. The molecule has 0 fully saturated rings. The Bertz CT molecular complexity index is 874. The van der Waals surface area contributed by atoms with E-state index in [-0.39, 0.29) is 5.92 Å². The van der Waals surface area contributed by atoms with Crippen LogP contribution in [0, 0.1) is 0 Å². The van der Waals surface area contributed by atoms with Gasteiger partial charge in [-0.3, -0.25) is 0 Å². The standard InChI is InChI=1S/C19H17Cl2N3/c1-23-10-16(15-8-13(20)9-18(21)17(15)11-23)14-4-2-3-5-19(14)24-7-6-22-12-24/h2-9,12,16H,10-11H2,1H3/t16-/m0/s1. The zero-order valence-electron chi connectivity index (χ0n) is 13.3. The quantitative estimate of drug-likeness (QED) is 0.659. The van der Waals surface area contributed by atoms with Crippen molar-refractivity contribution in [3.63, 3.8) is 0 Å². The number of halogens is 2. The monoisotopic (exact) mass is 357 g/mol. The Hall–Kier alpha value is -1.81. The molecule has 1 aliphatic rings. The summed E-state index contributed by atoms with van der Waals surface area (Å²) in [6.07, 6.45) is 5.60. The molecule has 2 aromatic carbocycles. The second-order valence-electron chi connectivity index (χ2n) is 6.23. The molecule has 3 aromatic rings. The first-order valence-corrected chi connectivity index (χ1v) is 8.62. The molecule has 0 bridgehead atoms. The Balaban J connectivity index is 1.90. The normalized spacial score (nSPS) is 17.7. The van der Waals surface area contributed by atoms with Crippen LogP contribution in [0.3, 0.4) is 0 Å². The van der Waals surface area contributed by atoms with Crippen molar-refractivity contribution >= 4 is 23.2 Å². The molecule has 0 radical (unpaired) electrons. The number of benzene rings is 2. The van der Waals surface area contributed by atoms with Gasteiger partial charge in [0.2, 0.25) is 0 Å². The second-order valence-corrected chi connectivity index (χ2v) is 7.08. The Morgan fingerprint density at radius 2 is 1.96 bits per heavy atom. The molecule has 2 heterocycles. The van der Waals surface area contributed by atoms with Gasteiger partial charge in [0.25, 0.3) is 0 Å². The minimum Gasteiger partial charge on any atom is -0.306 e. The van der Waals surface area contributed by atoms with E-state index in [1.807, 2.05) is 18.6 Å². The molecule has 1 aliphatic heterocycles. The van der Waals surface area contributed by atoms with Crippen molar-refractivity contribution in [1.29, 1.82) is 0 Å². The Labute approximate surface area is 151 Å². The summed E-state index contributed by atoms with van der Waals surface area (Å²) in [5.41, 5.74) is 4.78. The first-order valence-electron chi connectivity index (χ1n) is 7.87. The number of hydrogen-bond donors (Lipinski definition) is 0. The molecule has 0 saturated heterocycles. The molecule has 24 heavy (non-hydrogen) atoms. The van der Waals surface area contributed by atoms with E-state index in [1.54, 1.807) is 6.20 Å². The van der Waals surface area contributed by atoms with E-state index in [4.69, 9.17) is 23.2 Å². The fourth-order valence-electron chi connectivity index (χ4n) is 3.53. The van der Waals surface area contributed by atoms with E-state index in [2.05, 4.69) is 51.8 Å². The van der Waals surface area contributed by atoms with Gasteiger partial charge < -0.3 is 9.47 Å². The molecule has 0 unspecified atom stereocenters. The van der Waals surface area contributed by atoms with Crippen molar-refractivity contribution in [1.82, 2.24) is 14.5 Å². The Morgan fingerprint density at radius 1 is 1.12 bits per heavy atom. The molecular formula is C19H17Cl2N3. The van der Waals surface area contributed by atoms with E-state index >= 15 is 0 Å². The summed E-state index contributed by atoms with van der Waals surface area (Å²) < 4.78 is 2.05. The number of para-hydroxylation sites is 1. The van der Waals surface area contributed by atoms with Crippen LogP contribution in [0.5, 0.6) is 0 Å². The molecule has 0 saturated carbocycles. The van der Waals surface area contributed by atoms with Crippen LogP contribution in [0.15, 0.2) is 55.1 Å². The van der Waals surface area contributed by atoms with Crippen molar-refractivity contribution in [3.05, 3.63) is 81.9 Å². The van der Waals surface area contributed by atoms with Crippen molar-refractivity contribution in [2.75, 3.05) is 13.6 Å². The summed E-state index contributed by atoms with van der Waals surface area (Å²) in [6.45, 7) is 1.77. The Morgan fingerprint density at radius 3 is 2.75 bits per heavy atom. The van der Waals surface area contributed by atoms with E-state index in [0.29, 0.717) is 5.02 Å². The lowest BCUT2D eigenvalue weighted by atomic mass is 9.84. The highest BCUT2D eigenvalue weighted by atomic mass is 35.5. The fourth-order valence-corrected chi connectivity index (χ4v) is 4.10. The van der Waals surface area contributed by atoms with Gasteiger partial charge in [0.15, 0.2) is 0 Å². The lowest BCUT2D eigenvalue weighted by molar-refractivity contribution is 0.295. The van der Waals surface area contributed by atoms with Crippen LogP contribution in [0.2, 0.25) is 10.0 Å². The largest absolute Gasteiger partial charge is 0.306 e. The predicted octanol–water partition coefficient (Wildman–Crippen LogP) is 4.76. The molecule has 0 spiro atoms. The maximum atomic E-state index is 6.48.